The van der Waals surface area contributed by atoms with Crippen LogP contribution in [0.3, 0.4) is 0 Å². The largest absolute Gasteiger partial charge is 0.307 e. The Bertz CT molecular complexity index is 637. The molecule has 1 amide bonds. The van der Waals surface area contributed by atoms with Crippen LogP contribution < -0.4 is 5.32 Å². The summed E-state index contributed by atoms with van der Waals surface area (Å²) in [6, 6.07) is 10.3. The van der Waals surface area contributed by atoms with Crippen LogP contribution in [0.4, 0.5) is 5.82 Å². The second-order valence-corrected chi connectivity index (χ2v) is 3.94. The molecular weight excluding hydrogens is 228 g/mol. The smallest absolute Gasteiger partial charge is 0.256 e. The number of amides is 1. The van der Waals surface area contributed by atoms with Crippen molar-refractivity contribution < 1.29 is 4.79 Å². The van der Waals surface area contributed by atoms with Crippen LogP contribution in [0.2, 0.25) is 0 Å². The molecule has 0 bridgehead atoms. The van der Waals surface area contributed by atoms with E-state index in [2.05, 4.69) is 10.4 Å². The van der Waals surface area contributed by atoms with Gasteiger partial charge in [-0.3, -0.25) is 9.48 Å². The number of nitriles is 1. The molecule has 0 saturated carbocycles. The molecule has 0 aliphatic heterocycles. The standard InChI is InChI=1S/C13H12N4O/c1-9-6-12(17(2)16-9)15-13(18)11-5-3-4-10(7-11)8-14/h3-7H,1-2H3,(H,15,18). The van der Waals surface area contributed by atoms with Gasteiger partial charge in [0.1, 0.15) is 5.82 Å². The number of rotatable bonds is 2. The fraction of sp³-hybridized carbons (Fsp3) is 0.154. The van der Waals surface area contributed by atoms with Crippen LogP contribution >= 0.6 is 0 Å². The highest BCUT2D eigenvalue weighted by atomic mass is 16.1. The molecule has 1 aromatic carbocycles. The Morgan fingerprint density at radius 1 is 1.44 bits per heavy atom. The zero-order valence-electron chi connectivity index (χ0n) is 10.1. The van der Waals surface area contributed by atoms with Gasteiger partial charge in [-0.25, -0.2) is 0 Å². The first-order chi connectivity index (χ1) is 8.60. The summed E-state index contributed by atoms with van der Waals surface area (Å²) in [5.41, 5.74) is 1.75. The highest BCUT2D eigenvalue weighted by Gasteiger charge is 2.09. The van der Waals surface area contributed by atoms with Gasteiger partial charge in [0.2, 0.25) is 0 Å². The van der Waals surface area contributed by atoms with E-state index in [1.165, 1.54) is 0 Å². The van der Waals surface area contributed by atoms with Crippen molar-refractivity contribution in [1.82, 2.24) is 9.78 Å². The normalized spacial score (nSPS) is 9.83. The summed E-state index contributed by atoms with van der Waals surface area (Å²) in [5, 5.41) is 15.7. The van der Waals surface area contributed by atoms with Crippen molar-refractivity contribution in [3.8, 4) is 6.07 Å². The van der Waals surface area contributed by atoms with E-state index in [0.29, 0.717) is 16.9 Å². The maximum atomic E-state index is 12.0. The Morgan fingerprint density at radius 3 is 2.83 bits per heavy atom. The predicted molar refractivity (Wildman–Crippen MR) is 67.1 cm³/mol. The van der Waals surface area contributed by atoms with E-state index in [1.807, 2.05) is 13.0 Å². The Morgan fingerprint density at radius 2 is 2.22 bits per heavy atom. The molecule has 2 aromatic rings. The lowest BCUT2D eigenvalue weighted by atomic mass is 10.1. The maximum absolute atomic E-state index is 12.0. The number of aromatic nitrogens is 2. The van der Waals surface area contributed by atoms with Gasteiger partial charge in [-0.1, -0.05) is 6.07 Å². The Kier molecular flexibility index (Phi) is 3.11. The average molecular weight is 240 g/mol. The number of nitrogens with one attached hydrogen (secondary N) is 1. The number of benzene rings is 1. The number of carbonyl (C=O) groups is 1. The number of hydrogen-bond acceptors (Lipinski definition) is 3. The third kappa shape index (κ3) is 2.38. The van der Waals surface area contributed by atoms with E-state index in [0.717, 1.165) is 5.69 Å². The Balaban J connectivity index is 2.22. The van der Waals surface area contributed by atoms with Crippen molar-refractivity contribution in [3.63, 3.8) is 0 Å². The molecular formula is C13H12N4O. The van der Waals surface area contributed by atoms with Gasteiger partial charge >= 0.3 is 0 Å². The molecule has 5 heteroatoms. The second kappa shape index (κ2) is 4.72. The molecule has 0 atom stereocenters. The zero-order valence-corrected chi connectivity index (χ0v) is 10.1. The van der Waals surface area contributed by atoms with Crippen LogP contribution in [-0.2, 0) is 7.05 Å². The molecule has 0 spiro atoms. The Labute approximate surface area is 105 Å². The van der Waals surface area contributed by atoms with Crippen LogP contribution in [0, 0.1) is 18.3 Å². The third-order valence-electron chi connectivity index (χ3n) is 2.50. The van der Waals surface area contributed by atoms with Crippen LogP contribution in [0.25, 0.3) is 0 Å². The van der Waals surface area contributed by atoms with Crippen molar-refractivity contribution in [2.45, 2.75) is 6.92 Å². The first-order valence-electron chi connectivity index (χ1n) is 5.42. The van der Waals surface area contributed by atoms with E-state index < -0.39 is 0 Å². The molecule has 1 heterocycles. The van der Waals surface area contributed by atoms with Gasteiger partial charge in [0.25, 0.3) is 5.91 Å². The first-order valence-corrected chi connectivity index (χ1v) is 5.42. The molecule has 5 nitrogen and oxygen atoms in total. The predicted octanol–water partition coefficient (Wildman–Crippen LogP) is 1.85. The van der Waals surface area contributed by atoms with Gasteiger partial charge in [0.05, 0.1) is 17.3 Å². The first kappa shape index (κ1) is 11.9. The van der Waals surface area contributed by atoms with Crippen molar-refractivity contribution in [2.24, 2.45) is 7.05 Å². The summed E-state index contributed by atoms with van der Waals surface area (Å²) >= 11 is 0. The minimum absolute atomic E-state index is 0.255. The quantitative estimate of drug-likeness (QED) is 0.870. The van der Waals surface area contributed by atoms with E-state index in [-0.39, 0.29) is 5.91 Å². The van der Waals surface area contributed by atoms with Crippen LogP contribution in [0.1, 0.15) is 21.6 Å². The molecule has 0 aliphatic rings. The van der Waals surface area contributed by atoms with Gasteiger partial charge in [0.15, 0.2) is 0 Å². The summed E-state index contributed by atoms with van der Waals surface area (Å²) in [4.78, 5) is 12.0. The SMILES string of the molecule is Cc1cc(NC(=O)c2cccc(C#N)c2)n(C)n1. The van der Waals surface area contributed by atoms with Crippen molar-refractivity contribution in [3.05, 3.63) is 47.2 Å². The number of aryl methyl sites for hydroxylation is 2. The molecule has 1 N–H and O–H groups in total. The summed E-state index contributed by atoms with van der Waals surface area (Å²) < 4.78 is 1.60. The van der Waals surface area contributed by atoms with E-state index in [4.69, 9.17) is 5.26 Å². The number of carbonyl (C=O) groups excluding carboxylic acids is 1. The number of anilines is 1. The summed E-state index contributed by atoms with van der Waals surface area (Å²) in [7, 11) is 1.76. The minimum atomic E-state index is -0.255. The molecule has 0 unspecified atom stereocenters. The highest BCUT2D eigenvalue weighted by Crippen LogP contribution is 2.11. The van der Waals surface area contributed by atoms with Crippen LogP contribution in [0.5, 0.6) is 0 Å². The lowest BCUT2D eigenvalue weighted by Gasteiger charge is -2.05. The molecule has 90 valence electrons. The van der Waals surface area contributed by atoms with Crippen LogP contribution in [-0.4, -0.2) is 15.7 Å². The molecule has 0 radical (unpaired) electrons. The number of hydrogen-bond donors (Lipinski definition) is 1. The van der Waals surface area contributed by atoms with Gasteiger partial charge in [-0.15, -0.1) is 0 Å². The zero-order chi connectivity index (χ0) is 13.1. The second-order valence-electron chi connectivity index (χ2n) is 3.94. The monoisotopic (exact) mass is 240 g/mol. The molecule has 18 heavy (non-hydrogen) atoms. The van der Waals surface area contributed by atoms with Crippen LogP contribution in [0.15, 0.2) is 30.3 Å². The fourth-order valence-corrected chi connectivity index (χ4v) is 1.65. The average Bonchev–Trinajstić information content (AvgIpc) is 2.68. The van der Waals surface area contributed by atoms with Gasteiger partial charge in [0, 0.05) is 18.7 Å². The molecule has 0 saturated heterocycles. The molecule has 0 fully saturated rings. The lowest BCUT2D eigenvalue weighted by molar-refractivity contribution is 0.102. The summed E-state index contributed by atoms with van der Waals surface area (Å²) in [6.45, 7) is 1.85. The fourth-order valence-electron chi connectivity index (χ4n) is 1.65. The lowest BCUT2D eigenvalue weighted by Crippen LogP contribution is -2.14. The number of nitrogens with zero attached hydrogens (tertiary/aromatic N) is 3. The highest BCUT2D eigenvalue weighted by molar-refractivity contribution is 6.04. The van der Waals surface area contributed by atoms with Crippen molar-refractivity contribution in [1.29, 1.82) is 5.26 Å². The van der Waals surface area contributed by atoms with Gasteiger partial charge in [-0.05, 0) is 25.1 Å². The molecule has 0 aliphatic carbocycles. The van der Waals surface area contributed by atoms with E-state index >= 15 is 0 Å². The summed E-state index contributed by atoms with van der Waals surface area (Å²) in [6.07, 6.45) is 0. The van der Waals surface area contributed by atoms with Crippen molar-refractivity contribution in [2.75, 3.05) is 5.32 Å². The van der Waals surface area contributed by atoms with Gasteiger partial charge in [-0.2, -0.15) is 10.4 Å². The van der Waals surface area contributed by atoms with Gasteiger partial charge < -0.3 is 5.32 Å². The van der Waals surface area contributed by atoms with E-state index in [9.17, 15) is 4.79 Å². The molecule has 2 rings (SSSR count). The maximum Gasteiger partial charge on any atom is 0.256 e. The topological polar surface area (TPSA) is 70.7 Å². The van der Waals surface area contributed by atoms with Crippen molar-refractivity contribution >= 4 is 11.7 Å². The summed E-state index contributed by atoms with van der Waals surface area (Å²) in [5.74, 6) is 0.370. The minimum Gasteiger partial charge on any atom is -0.307 e. The third-order valence-corrected chi connectivity index (χ3v) is 2.50. The Hall–Kier alpha value is -2.61. The molecule has 1 aromatic heterocycles. The van der Waals surface area contributed by atoms with E-state index in [1.54, 1.807) is 42.1 Å².